The largest absolute Gasteiger partial charge is 0.507 e. The van der Waals surface area contributed by atoms with Gasteiger partial charge in [-0.3, -0.25) is 14.4 Å². The molecule has 2 aliphatic rings. The minimum atomic E-state index is -1.72. The number of likely N-dealkylation sites (N-methyl/N-ethyl adjacent to an activating group) is 1. The molecule has 2 aromatic rings. The fourth-order valence-electron chi connectivity index (χ4n) is 4.66. The molecule has 0 aromatic heterocycles. The minimum Gasteiger partial charge on any atom is -0.507 e. The van der Waals surface area contributed by atoms with Crippen molar-refractivity contribution in [3.8, 4) is 0 Å². The Labute approximate surface area is 197 Å². The number of rotatable bonds is 6. The van der Waals surface area contributed by atoms with Gasteiger partial charge in [0.1, 0.15) is 5.76 Å². The molecule has 0 radical (unpaired) electrons. The zero-order valence-electron chi connectivity index (χ0n) is 18.8. The highest BCUT2D eigenvalue weighted by Gasteiger charge is 2.66. The Morgan fingerprint density at radius 2 is 1.70 bits per heavy atom. The van der Waals surface area contributed by atoms with E-state index in [0.29, 0.717) is 41.3 Å². The van der Waals surface area contributed by atoms with Crippen LogP contribution in [0.5, 0.6) is 0 Å². The molecule has 7 nitrogen and oxygen atoms in total. The average molecular weight is 468 g/mol. The highest BCUT2D eigenvalue weighted by molar-refractivity contribution is 6.50. The van der Waals surface area contributed by atoms with Gasteiger partial charge in [-0.15, -0.1) is 0 Å². The molecule has 8 heteroatoms. The summed E-state index contributed by atoms with van der Waals surface area (Å²) in [5, 5.41) is 11.8. The molecule has 2 aliphatic heterocycles. The van der Waals surface area contributed by atoms with Crippen molar-refractivity contribution in [1.82, 2.24) is 9.80 Å². The highest BCUT2D eigenvalue weighted by Crippen LogP contribution is 2.53. The van der Waals surface area contributed by atoms with E-state index in [1.165, 1.54) is 4.90 Å². The van der Waals surface area contributed by atoms with Crippen molar-refractivity contribution in [2.45, 2.75) is 18.9 Å². The van der Waals surface area contributed by atoms with Crippen LogP contribution in [-0.4, -0.2) is 66.2 Å². The molecule has 1 N–H and O–H groups in total. The summed E-state index contributed by atoms with van der Waals surface area (Å²) >= 11 is 5.99. The molecule has 33 heavy (non-hydrogen) atoms. The highest BCUT2D eigenvalue weighted by atomic mass is 35.5. The Balaban J connectivity index is 2.04. The number of nitrogens with zero attached hydrogens (tertiary/aromatic N) is 3. The third kappa shape index (κ3) is 3.43. The van der Waals surface area contributed by atoms with E-state index in [1.54, 1.807) is 41.3 Å². The Bertz CT molecular complexity index is 1160. The van der Waals surface area contributed by atoms with Crippen LogP contribution in [0, 0.1) is 0 Å². The molecular formula is C25H26ClN3O4. The van der Waals surface area contributed by atoms with Gasteiger partial charge in [-0.05, 0) is 50.8 Å². The number of hydrogen-bond acceptors (Lipinski definition) is 5. The van der Waals surface area contributed by atoms with Gasteiger partial charge in [-0.2, -0.15) is 0 Å². The normalized spacial score (nSPS) is 21.5. The lowest BCUT2D eigenvalue weighted by atomic mass is 9.82. The average Bonchev–Trinajstić information content (AvgIpc) is 3.16. The lowest BCUT2D eigenvalue weighted by Crippen LogP contribution is -2.53. The number of fused-ring (bicyclic) bond motifs is 2. The number of halogens is 1. The molecular weight excluding hydrogens is 442 g/mol. The summed E-state index contributed by atoms with van der Waals surface area (Å²) in [4.78, 5) is 45.7. The van der Waals surface area contributed by atoms with E-state index in [1.807, 2.05) is 38.1 Å². The number of ketones is 1. The van der Waals surface area contributed by atoms with Gasteiger partial charge in [-0.25, -0.2) is 0 Å². The topological polar surface area (TPSA) is 81.2 Å². The van der Waals surface area contributed by atoms with Gasteiger partial charge < -0.3 is 19.8 Å². The number of amides is 2. The second-order valence-electron chi connectivity index (χ2n) is 8.50. The van der Waals surface area contributed by atoms with Crippen LogP contribution in [0.25, 0.3) is 5.76 Å². The molecule has 4 rings (SSSR count). The molecule has 0 unspecified atom stereocenters. The summed E-state index contributed by atoms with van der Waals surface area (Å²) in [6, 6.07) is 13.5. The van der Waals surface area contributed by atoms with E-state index in [0.717, 1.165) is 0 Å². The lowest BCUT2D eigenvalue weighted by Gasteiger charge is -2.35. The van der Waals surface area contributed by atoms with Crippen molar-refractivity contribution in [2.75, 3.05) is 38.6 Å². The molecule has 2 amide bonds. The molecule has 0 aliphatic carbocycles. The van der Waals surface area contributed by atoms with Gasteiger partial charge >= 0.3 is 0 Å². The SMILES string of the molecule is CCCN1C(=O)[C@]2(C(=C(O)c3ccc(Cl)cc3)C(=O)C(=O)N2CCN(C)C)c2ccccc21. The number of aliphatic hydroxyl groups is 1. The van der Waals surface area contributed by atoms with Gasteiger partial charge in [-0.1, -0.05) is 36.7 Å². The van der Waals surface area contributed by atoms with Crippen molar-refractivity contribution < 1.29 is 19.5 Å². The van der Waals surface area contributed by atoms with Gasteiger partial charge in [0.05, 0.1) is 11.3 Å². The fourth-order valence-corrected chi connectivity index (χ4v) is 4.79. The van der Waals surface area contributed by atoms with Gasteiger partial charge in [0.25, 0.3) is 17.6 Å². The number of aliphatic hydroxyl groups excluding tert-OH is 1. The molecule has 1 spiro atoms. The van der Waals surface area contributed by atoms with Gasteiger partial charge in [0.15, 0.2) is 5.54 Å². The Kier molecular flexibility index (Phi) is 6.03. The van der Waals surface area contributed by atoms with Crippen LogP contribution in [0.3, 0.4) is 0 Å². The van der Waals surface area contributed by atoms with Crippen molar-refractivity contribution >= 4 is 40.6 Å². The van der Waals surface area contributed by atoms with E-state index in [9.17, 15) is 19.5 Å². The zero-order chi connectivity index (χ0) is 23.9. The van der Waals surface area contributed by atoms with Crippen molar-refractivity contribution in [3.05, 3.63) is 70.3 Å². The number of para-hydroxylation sites is 1. The maximum atomic E-state index is 14.1. The summed E-state index contributed by atoms with van der Waals surface area (Å²) in [5.74, 6) is -2.46. The molecule has 1 fully saturated rings. The Morgan fingerprint density at radius 3 is 2.33 bits per heavy atom. The predicted octanol–water partition coefficient (Wildman–Crippen LogP) is 3.23. The Hall–Kier alpha value is -3.16. The second kappa shape index (κ2) is 8.65. The molecule has 172 valence electrons. The molecule has 2 aromatic carbocycles. The van der Waals surface area contributed by atoms with Crippen molar-refractivity contribution in [1.29, 1.82) is 0 Å². The van der Waals surface area contributed by atoms with Crippen molar-refractivity contribution in [2.24, 2.45) is 0 Å². The van der Waals surface area contributed by atoms with E-state index >= 15 is 0 Å². The number of carbonyl (C=O) groups excluding carboxylic acids is 3. The maximum Gasteiger partial charge on any atom is 0.296 e. The quantitative estimate of drug-likeness (QED) is 0.401. The molecule has 1 atom stereocenters. The summed E-state index contributed by atoms with van der Waals surface area (Å²) in [6.07, 6.45) is 0.692. The first kappa shape index (κ1) is 23.0. The van der Waals surface area contributed by atoms with Gasteiger partial charge in [0, 0.05) is 35.8 Å². The van der Waals surface area contributed by atoms with Crippen LogP contribution in [0.15, 0.2) is 54.1 Å². The van der Waals surface area contributed by atoms with Crippen LogP contribution in [0.2, 0.25) is 5.02 Å². The van der Waals surface area contributed by atoms with E-state index in [-0.39, 0.29) is 17.9 Å². The predicted molar refractivity (Wildman–Crippen MR) is 127 cm³/mol. The van der Waals surface area contributed by atoms with E-state index < -0.39 is 23.1 Å². The smallest absolute Gasteiger partial charge is 0.296 e. The summed E-state index contributed by atoms with van der Waals surface area (Å²) < 4.78 is 0. The first-order chi connectivity index (χ1) is 15.7. The number of benzene rings is 2. The number of carbonyl (C=O) groups is 3. The lowest BCUT2D eigenvalue weighted by molar-refractivity contribution is -0.143. The van der Waals surface area contributed by atoms with Crippen LogP contribution >= 0.6 is 11.6 Å². The summed E-state index contributed by atoms with van der Waals surface area (Å²) in [7, 11) is 3.70. The molecule has 0 bridgehead atoms. The fraction of sp³-hybridized carbons (Fsp3) is 0.320. The Morgan fingerprint density at radius 1 is 1.03 bits per heavy atom. The second-order valence-corrected chi connectivity index (χ2v) is 8.94. The standard InChI is InChI=1S/C25H26ClN3O4/c1-4-13-28-19-8-6-5-7-18(19)25(24(28)33)20(21(30)16-9-11-17(26)12-10-16)22(31)23(32)29(25)15-14-27(2)3/h5-12,30H,4,13-15H2,1-3H3/t25-/m1/s1. The maximum absolute atomic E-state index is 14.1. The van der Waals surface area contributed by atoms with E-state index in [2.05, 4.69) is 0 Å². The molecule has 0 saturated carbocycles. The number of likely N-dealkylation sites (tertiary alicyclic amines) is 1. The zero-order valence-corrected chi connectivity index (χ0v) is 19.6. The number of hydrogen-bond donors (Lipinski definition) is 1. The first-order valence-electron chi connectivity index (χ1n) is 10.9. The van der Waals surface area contributed by atoms with Gasteiger partial charge in [0.2, 0.25) is 0 Å². The van der Waals surface area contributed by atoms with Crippen LogP contribution in [-0.2, 0) is 19.9 Å². The van der Waals surface area contributed by atoms with E-state index in [4.69, 9.17) is 11.6 Å². The number of anilines is 1. The third-order valence-corrected chi connectivity index (χ3v) is 6.40. The molecule has 2 heterocycles. The first-order valence-corrected chi connectivity index (χ1v) is 11.2. The minimum absolute atomic E-state index is 0.148. The summed E-state index contributed by atoms with van der Waals surface area (Å²) in [6.45, 7) is 2.97. The monoisotopic (exact) mass is 467 g/mol. The van der Waals surface area contributed by atoms with Crippen molar-refractivity contribution in [3.63, 3.8) is 0 Å². The van der Waals surface area contributed by atoms with Crippen LogP contribution in [0.4, 0.5) is 5.69 Å². The van der Waals surface area contributed by atoms with Crippen LogP contribution < -0.4 is 4.90 Å². The molecule has 1 saturated heterocycles. The number of Topliss-reactive ketones (excluding diaryl/α,β-unsaturated/α-hetero) is 1. The van der Waals surface area contributed by atoms with Crippen LogP contribution in [0.1, 0.15) is 24.5 Å². The summed E-state index contributed by atoms with van der Waals surface area (Å²) in [5.41, 5.74) is -0.451. The third-order valence-electron chi connectivity index (χ3n) is 6.14.